The molecule has 0 fully saturated rings. The van der Waals surface area contributed by atoms with Crippen molar-refractivity contribution in [3.05, 3.63) is 0 Å². The third-order valence-electron chi connectivity index (χ3n) is 2.08. The minimum atomic E-state index is -4.43. The van der Waals surface area contributed by atoms with Crippen molar-refractivity contribution in [1.29, 1.82) is 5.41 Å². The Morgan fingerprint density at radius 3 is 2.44 bits per heavy atom. The molecule has 0 radical (unpaired) electrons. The van der Waals surface area contributed by atoms with E-state index in [1.807, 2.05) is 5.32 Å². The van der Waals surface area contributed by atoms with Crippen LogP contribution in [-0.4, -0.2) is 42.3 Å². The zero-order chi connectivity index (χ0) is 14.2. The van der Waals surface area contributed by atoms with Gasteiger partial charge in [-0.15, -0.1) is 0 Å². The van der Waals surface area contributed by atoms with Crippen LogP contribution in [0.4, 0.5) is 13.2 Å². The molecule has 0 heterocycles. The third-order valence-corrected chi connectivity index (χ3v) is 2.08. The lowest BCUT2D eigenvalue weighted by atomic mass is 10.1. The second-order valence-electron chi connectivity index (χ2n) is 3.72. The molecule has 0 aliphatic rings. The second kappa shape index (κ2) is 7.75. The highest BCUT2D eigenvalue weighted by Gasteiger charge is 2.29. The van der Waals surface area contributed by atoms with Crippen LogP contribution in [0.2, 0.25) is 0 Å². The number of hydrogen-bond acceptors (Lipinski definition) is 3. The quantitative estimate of drug-likeness (QED) is 0.246. The van der Waals surface area contributed by atoms with E-state index < -0.39 is 24.7 Å². The van der Waals surface area contributed by atoms with Gasteiger partial charge in [0.25, 0.3) is 0 Å². The lowest BCUT2D eigenvalue weighted by molar-refractivity contribution is -0.143. The Morgan fingerprint density at radius 2 is 2.00 bits per heavy atom. The molecule has 0 amide bonds. The van der Waals surface area contributed by atoms with Gasteiger partial charge in [0.1, 0.15) is 6.04 Å². The van der Waals surface area contributed by atoms with Gasteiger partial charge < -0.3 is 16.2 Å². The summed E-state index contributed by atoms with van der Waals surface area (Å²) >= 11 is 0. The molecular weight excluding hydrogens is 253 g/mol. The van der Waals surface area contributed by atoms with E-state index in [0.29, 0.717) is 19.4 Å². The predicted molar refractivity (Wildman–Crippen MR) is 59.2 cm³/mol. The van der Waals surface area contributed by atoms with Gasteiger partial charge in [0, 0.05) is 6.54 Å². The number of carboxylic acids is 1. The van der Waals surface area contributed by atoms with Crippen molar-refractivity contribution < 1.29 is 23.1 Å². The molecule has 18 heavy (non-hydrogen) atoms. The van der Waals surface area contributed by atoms with Gasteiger partial charge in [-0.3, -0.25) is 15.5 Å². The van der Waals surface area contributed by atoms with Crippen LogP contribution in [0.5, 0.6) is 0 Å². The molecule has 0 saturated carbocycles. The average Bonchev–Trinajstić information content (AvgIpc) is 2.19. The molecule has 0 aliphatic heterocycles. The number of halogens is 3. The highest BCUT2D eigenvalue weighted by atomic mass is 19.4. The zero-order valence-electron chi connectivity index (χ0n) is 9.68. The van der Waals surface area contributed by atoms with E-state index in [-0.39, 0.29) is 12.4 Å². The normalized spacial score (nSPS) is 13.1. The van der Waals surface area contributed by atoms with Gasteiger partial charge in [0.2, 0.25) is 0 Å². The van der Waals surface area contributed by atoms with Gasteiger partial charge in [-0.25, -0.2) is 0 Å². The molecule has 9 heteroatoms. The summed E-state index contributed by atoms with van der Waals surface area (Å²) < 4.78 is 35.7. The van der Waals surface area contributed by atoms with E-state index in [2.05, 4.69) is 5.32 Å². The molecule has 0 rings (SSSR count). The molecular formula is C9H17F3N4O2. The third kappa shape index (κ3) is 9.70. The molecule has 6 N–H and O–H groups in total. The largest absolute Gasteiger partial charge is 0.480 e. The van der Waals surface area contributed by atoms with Gasteiger partial charge in [0.05, 0.1) is 6.54 Å². The Labute approximate surface area is 102 Å². The van der Waals surface area contributed by atoms with E-state index in [1.54, 1.807) is 0 Å². The van der Waals surface area contributed by atoms with E-state index in [1.165, 1.54) is 0 Å². The Bertz CT molecular complexity index is 283. The highest BCUT2D eigenvalue weighted by Crippen LogP contribution is 2.13. The maximum absolute atomic E-state index is 11.9. The van der Waals surface area contributed by atoms with Gasteiger partial charge in [-0.05, 0) is 19.3 Å². The van der Waals surface area contributed by atoms with E-state index in [4.69, 9.17) is 16.2 Å². The van der Waals surface area contributed by atoms with Crippen LogP contribution in [0.15, 0.2) is 0 Å². The van der Waals surface area contributed by atoms with Crippen molar-refractivity contribution in [2.45, 2.75) is 31.5 Å². The number of carboxylic acid groups (broad SMARTS) is 1. The van der Waals surface area contributed by atoms with Gasteiger partial charge in [0.15, 0.2) is 5.96 Å². The lowest BCUT2D eigenvalue weighted by Gasteiger charge is -2.15. The second-order valence-corrected chi connectivity index (χ2v) is 3.72. The molecule has 0 saturated heterocycles. The van der Waals surface area contributed by atoms with Crippen LogP contribution >= 0.6 is 0 Å². The summed E-state index contributed by atoms with van der Waals surface area (Å²) in [6.07, 6.45) is -3.39. The Morgan fingerprint density at radius 1 is 1.39 bits per heavy atom. The van der Waals surface area contributed by atoms with Gasteiger partial charge in [-0.2, -0.15) is 13.2 Å². The molecule has 0 spiro atoms. The smallest absolute Gasteiger partial charge is 0.401 e. The summed E-state index contributed by atoms with van der Waals surface area (Å²) in [6.45, 7) is -0.934. The minimum Gasteiger partial charge on any atom is -0.480 e. The van der Waals surface area contributed by atoms with Crippen LogP contribution in [0.3, 0.4) is 0 Å². The molecule has 0 aromatic carbocycles. The fourth-order valence-corrected chi connectivity index (χ4v) is 1.25. The first-order chi connectivity index (χ1) is 8.22. The first kappa shape index (κ1) is 16.5. The fraction of sp³-hybridized carbons (Fsp3) is 0.778. The number of hydrogen-bond donors (Lipinski definition) is 5. The number of aliphatic carboxylic acids is 1. The Kier molecular flexibility index (Phi) is 7.10. The fourth-order valence-electron chi connectivity index (χ4n) is 1.25. The van der Waals surface area contributed by atoms with Crippen LogP contribution in [0.1, 0.15) is 19.3 Å². The minimum absolute atomic E-state index is 0.0883. The molecule has 6 nitrogen and oxygen atoms in total. The number of nitrogens with one attached hydrogen (secondary N) is 3. The van der Waals surface area contributed by atoms with Gasteiger partial charge >= 0.3 is 12.1 Å². The highest BCUT2D eigenvalue weighted by molar-refractivity contribution is 5.74. The molecule has 1 atom stereocenters. The van der Waals surface area contributed by atoms with Gasteiger partial charge in [-0.1, -0.05) is 0 Å². The van der Waals surface area contributed by atoms with E-state index in [0.717, 1.165) is 0 Å². The number of nitrogens with two attached hydrogens (primary N) is 1. The Hall–Kier alpha value is -1.51. The summed E-state index contributed by atoms with van der Waals surface area (Å²) in [5.74, 6) is -1.50. The van der Waals surface area contributed by atoms with Crippen LogP contribution in [0, 0.1) is 5.41 Å². The zero-order valence-corrected chi connectivity index (χ0v) is 9.68. The topological polar surface area (TPSA) is 111 Å². The predicted octanol–water partition coefficient (Wildman–Crippen LogP) is 0.245. The van der Waals surface area contributed by atoms with Crippen LogP contribution < -0.4 is 16.4 Å². The van der Waals surface area contributed by atoms with Crippen LogP contribution in [-0.2, 0) is 4.79 Å². The van der Waals surface area contributed by atoms with E-state index >= 15 is 0 Å². The SMILES string of the molecule is N=C(N)NCCCCC(NCC(F)(F)F)C(=O)O. The molecule has 106 valence electrons. The number of alkyl halides is 3. The first-order valence-electron chi connectivity index (χ1n) is 5.33. The summed E-state index contributed by atoms with van der Waals surface area (Å²) in [4.78, 5) is 10.7. The van der Waals surface area contributed by atoms with Crippen molar-refractivity contribution in [2.24, 2.45) is 5.73 Å². The molecule has 1 unspecified atom stereocenters. The molecule has 0 aromatic rings. The monoisotopic (exact) mass is 270 g/mol. The Balaban J connectivity index is 3.84. The molecule has 0 aromatic heterocycles. The van der Waals surface area contributed by atoms with Crippen LogP contribution in [0.25, 0.3) is 0 Å². The number of guanidine groups is 1. The van der Waals surface area contributed by atoms with Crippen molar-refractivity contribution in [1.82, 2.24) is 10.6 Å². The maximum atomic E-state index is 11.9. The van der Waals surface area contributed by atoms with Crippen molar-refractivity contribution in [2.75, 3.05) is 13.1 Å². The maximum Gasteiger partial charge on any atom is 0.401 e. The summed E-state index contributed by atoms with van der Waals surface area (Å²) in [5, 5.41) is 20.0. The number of unbranched alkanes of at least 4 members (excludes halogenated alkanes) is 1. The standard InChI is InChI=1S/C9H17F3N4O2/c10-9(11,12)5-16-6(7(17)18)3-1-2-4-15-8(13)14/h6,16H,1-5H2,(H,17,18)(H4,13,14,15). The van der Waals surface area contributed by atoms with E-state index in [9.17, 15) is 18.0 Å². The number of carbonyl (C=O) groups is 1. The molecule has 0 aliphatic carbocycles. The molecule has 0 bridgehead atoms. The number of rotatable bonds is 8. The van der Waals surface area contributed by atoms with Crippen molar-refractivity contribution in [3.63, 3.8) is 0 Å². The summed E-state index contributed by atoms with van der Waals surface area (Å²) in [5.41, 5.74) is 5.02. The summed E-state index contributed by atoms with van der Waals surface area (Å²) in [6, 6.07) is -1.22. The first-order valence-corrected chi connectivity index (χ1v) is 5.33. The lowest BCUT2D eigenvalue weighted by Crippen LogP contribution is -2.42. The van der Waals surface area contributed by atoms with Crippen molar-refractivity contribution >= 4 is 11.9 Å². The average molecular weight is 270 g/mol. The van der Waals surface area contributed by atoms with Crippen molar-refractivity contribution in [3.8, 4) is 0 Å². The summed E-state index contributed by atoms with van der Waals surface area (Å²) in [7, 11) is 0.